The molecule has 0 radical (unpaired) electrons. The Kier molecular flexibility index (Phi) is 30.5. The Morgan fingerprint density at radius 1 is 0.210 bits per heavy atom. The minimum atomic E-state index is 0. The van der Waals surface area contributed by atoms with Crippen LogP contribution < -0.4 is 0 Å². The minimum Gasteiger partial charge on any atom is -0.0853 e. The zero-order valence-corrected chi connectivity index (χ0v) is 66.4. The van der Waals surface area contributed by atoms with Crippen LogP contribution in [0.25, 0.3) is 22.3 Å². The second-order valence-electron chi connectivity index (χ2n) is 37.7. The van der Waals surface area contributed by atoms with Gasteiger partial charge in [0.05, 0.1) is 0 Å². The van der Waals surface area contributed by atoms with Crippen LogP contribution >= 0.6 is 0 Å². The molecule has 3 unspecified atom stereocenters. The summed E-state index contributed by atoms with van der Waals surface area (Å²) in [6, 6.07) is 36.1. The zero-order chi connectivity index (χ0) is 69.7. The summed E-state index contributed by atoms with van der Waals surface area (Å²) < 4.78 is 0. The SMILES string of the molecule is CC1=CCC(C2CCC(C3CCC(C)CC3)CC2)CC1.CC1CC=C(C2CCC(C3CCC(C)CC3)CC2)CC1.CC1CCC(C2=CCC(C3CCC(C)CC3)CC2)CC1.Cc1ccc(-c2ccc(C3CCC(C)CC3)cc2)cc1.Cc1ccc(-c2ccc(C3CCC(C)CC3)cc2)cc1.[HH].[HH].[HH].[HH].[HH].[HH].[HH].[HH]. The Bertz CT molecular complexity index is 2940. The molecule has 11 aliphatic carbocycles. The van der Waals surface area contributed by atoms with Crippen LogP contribution in [0.15, 0.2) is 132 Å². The fourth-order valence-electron chi connectivity index (χ4n) is 22.0. The summed E-state index contributed by atoms with van der Waals surface area (Å²) in [7, 11) is 0. The lowest BCUT2D eigenvalue weighted by molar-refractivity contribution is 0.124. The maximum absolute atomic E-state index is 2.69. The highest BCUT2D eigenvalue weighted by molar-refractivity contribution is 5.65. The van der Waals surface area contributed by atoms with Gasteiger partial charge in [-0.2, -0.15) is 0 Å². The van der Waals surface area contributed by atoms with E-state index in [1.807, 2.05) is 11.1 Å². The second kappa shape index (κ2) is 39.5. The Labute approximate surface area is 629 Å². The first-order valence-electron chi connectivity index (χ1n) is 44.0. The van der Waals surface area contributed by atoms with Gasteiger partial charge in [-0.05, 0) is 353 Å². The third-order valence-corrected chi connectivity index (χ3v) is 29.9. The third kappa shape index (κ3) is 23.6. The van der Waals surface area contributed by atoms with E-state index >= 15 is 0 Å². The van der Waals surface area contributed by atoms with E-state index < -0.39 is 0 Å². The molecule has 4 aromatic rings. The van der Waals surface area contributed by atoms with Gasteiger partial charge in [0.1, 0.15) is 0 Å². The van der Waals surface area contributed by atoms with Crippen molar-refractivity contribution in [1.29, 1.82) is 0 Å². The van der Waals surface area contributed by atoms with Crippen molar-refractivity contribution in [2.45, 2.75) is 344 Å². The predicted molar refractivity (Wildman–Crippen MR) is 454 cm³/mol. The molecule has 0 spiro atoms. The van der Waals surface area contributed by atoms with Gasteiger partial charge in [-0.1, -0.05) is 269 Å². The molecule has 8 saturated carbocycles. The van der Waals surface area contributed by atoms with Crippen LogP contribution in [0.5, 0.6) is 0 Å². The van der Waals surface area contributed by atoms with E-state index in [9.17, 15) is 0 Å². The number of hydrogen-bond donors (Lipinski definition) is 0. The highest BCUT2D eigenvalue weighted by Gasteiger charge is 2.35. The number of rotatable bonds is 10. The summed E-state index contributed by atoms with van der Waals surface area (Å²) in [6.45, 7) is 23.5. The molecule has 0 N–H and O–H groups in total. The van der Waals surface area contributed by atoms with Crippen LogP contribution in [-0.2, 0) is 0 Å². The van der Waals surface area contributed by atoms with Crippen LogP contribution in [0, 0.1) is 114 Å². The van der Waals surface area contributed by atoms with Crippen LogP contribution in [0.1, 0.15) is 364 Å². The van der Waals surface area contributed by atoms with Crippen LogP contribution in [-0.4, -0.2) is 0 Å². The zero-order valence-electron chi connectivity index (χ0n) is 66.4. The molecule has 11 aliphatic rings. The molecule has 0 aromatic heterocycles. The Balaban J connectivity index is 0.000000344. The summed E-state index contributed by atoms with van der Waals surface area (Å²) in [5.74, 6) is 18.9. The van der Waals surface area contributed by atoms with E-state index in [1.54, 1.807) is 44.1 Å². The van der Waals surface area contributed by atoms with Crippen LogP contribution in [0.4, 0.5) is 0 Å². The van der Waals surface area contributed by atoms with E-state index in [0.29, 0.717) is 0 Å². The first-order chi connectivity index (χ1) is 48.6. The van der Waals surface area contributed by atoms with E-state index in [0.717, 1.165) is 112 Å². The highest BCUT2D eigenvalue weighted by atomic mass is 14.4. The van der Waals surface area contributed by atoms with Crippen LogP contribution in [0.3, 0.4) is 0 Å². The summed E-state index contributed by atoms with van der Waals surface area (Å²) >= 11 is 0. The second-order valence-corrected chi connectivity index (χ2v) is 37.7. The van der Waals surface area contributed by atoms with E-state index in [4.69, 9.17) is 0 Å². The first kappa shape index (κ1) is 77.2. The summed E-state index contributed by atoms with van der Waals surface area (Å²) in [5.41, 5.74) is 16.4. The number of benzene rings is 4. The number of aryl methyl sites for hydroxylation is 2. The molecule has 0 saturated heterocycles. The van der Waals surface area contributed by atoms with Crippen molar-refractivity contribution < 1.29 is 11.4 Å². The summed E-state index contributed by atoms with van der Waals surface area (Å²) in [4.78, 5) is 0. The minimum absolute atomic E-state index is 0. The van der Waals surface area contributed by atoms with Crippen molar-refractivity contribution in [2.75, 3.05) is 0 Å². The molecule has 0 aliphatic heterocycles. The number of allylic oxidation sites excluding steroid dienone is 6. The van der Waals surface area contributed by atoms with Crippen LogP contribution in [0.2, 0.25) is 0 Å². The maximum Gasteiger partial charge on any atom is 0 e. The van der Waals surface area contributed by atoms with Gasteiger partial charge >= 0.3 is 0 Å². The Morgan fingerprint density at radius 3 is 0.760 bits per heavy atom. The molecule has 566 valence electrons. The lowest BCUT2D eigenvalue weighted by atomic mass is 9.66. The Morgan fingerprint density at radius 2 is 0.460 bits per heavy atom. The molecular weight excluding hydrogens is 1200 g/mol. The summed E-state index contributed by atoms with van der Waals surface area (Å²) in [5, 5.41) is 0. The normalized spacial score (nSPS) is 34.9. The fraction of sp³-hybridized carbons (Fsp3) is 0.700. The molecule has 0 heteroatoms. The lowest BCUT2D eigenvalue weighted by Crippen LogP contribution is -2.28. The molecule has 8 fully saturated rings. The molecule has 3 atom stereocenters. The van der Waals surface area contributed by atoms with Gasteiger partial charge in [0.15, 0.2) is 0 Å². The average Bonchev–Trinajstić information content (AvgIpc) is 0.857. The molecule has 4 aromatic carbocycles. The van der Waals surface area contributed by atoms with Gasteiger partial charge in [0.25, 0.3) is 0 Å². The van der Waals surface area contributed by atoms with Gasteiger partial charge in [0, 0.05) is 11.4 Å². The molecule has 100 heavy (non-hydrogen) atoms. The largest absolute Gasteiger partial charge is 0.0853 e. The predicted octanol–water partition coefficient (Wildman–Crippen LogP) is 33.0. The van der Waals surface area contributed by atoms with E-state index in [2.05, 4.69) is 185 Å². The van der Waals surface area contributed by atoms with Crippen molar-refractivity contribution in [3.63, 3.8) is 0 Å². The van der Waals surface area contributed by atoms with Gasteiger partial charge in [0.2, 0.25) is 0 Å². The molecule has 0 nitrogen and oxygen atoms in total. The molecular formula is C100H166. The number of hydrogen-bond acceptors (Lipinski definition) is 0. The van der Waals surface area contributed by atoms with E-state index in [-0.39, 0.29) is 11.4 Å². The monoisotopic (exact) mass is 1370 g/mol. The molecule has 0 heterocycles. The van der Waals surface area contributed by atoms with Gasteiger partial charge in [-0.25, -0.2) is 0 Å². The first-order valence-corrected chi connectivity index (χ1v) is 44.0. The van der Waals surface area contributed by atoms with Gasteiger partial charge < -0.3 is 0 Å². The van der Waals surface area contributed by atoms with Crippen molar-refractivity contribution in [3.05, 3.63) is 154 Å². The fourth-order valence-corrected chi connectivity index (χ4v) is 22.0. The van der Waals surface area contributed by atoms with Crippen molar-refractivity contribution >= 4 is 0 Å². The van der Waals surface area contributed by atoms with Crippen molar-refractivity contribution in [1.82, 2.24) is 0 Å². The lowest BCUT2D eigenvalue weighted by Gasteiger charge is -2.40. The van der Waals surface area contributed by atoms with E-state index in [1.165, 1.54) is 269 Å². The topological polar surface area (TPSA) is 0 Å². The average molecular weight is 1370 g/mol. The highest BCUT2D eigenvalue weighted by Crippen LogP contribution is 2.49. The molecule has 15 rings (SSSR count). The maximum atomic E-state index is 2.69. The van der Waals surface area contributed by atoms with Crippen molar-refractivity contribution in [3.8, 4) is 22.3 Å². The molecule has 0 bridgehead atoms. The summed E-state index contributed by atoms with van der Waals surface area (Å²) in [6.07, 6.45) is 68.2. The smallest absolute Gasteiger partial charge is 0 e. The standard InChI is InChI=1S/3C20H34.2C20H24.8H2/c5*1-15-3-7-17(8-4-15)19-11-13-20(14-12-19)18-9-5-16(2)6-10-18;;;;;;;;/h11,15-18,20H,3-10,12-14H2,1-2H3;7,15-16,18-20H,3-6,8-14H2,1-2H3;3,16-20H,4-14H2,1-2H3;2*3-4,7-8,11-14,16,18H,5-6,9-10H2,1-2H3;8*1H. The third-order valence-electron chi connectivity index (χ3n) is 29.9. The quantitative estimate of drug-likeness (QED) is 0.139. The van der Waals surface area contributed by atoms with Gasteiger partial charge in [-0.15, -0.1) is 0 Å². The molecule has 0 amide bonds. The van der Waals surface area contributed by atoms with Crippen molar-refractivity contribution in [2.24, 2.45) is 101 Å². The Hall–Kier alpha value is -3.90. The van der Waals surface area contributed by atoms with Gasteiger partial charge in [-0.3, -0.25) is 0 Å².